The zero-order valence-electron chi connectivity index (χ0n) is 17.1. The maximum Gasteiger partial charge on any atom is 0.261 e. The quantitative estimate of drug-likeness (QED) is 0.558. The summed E-state index contributed by atoms with van der Waals surface area (Å²) in [6.45, 7) is 0.438. The lowest BCUT2D eigenvalue weighted by Crippen LogP contribution is -2.31. The van der Waals surface area contributed by atoms with E-state index in [0.717, 1.165) is 5.56 Å². The molecule has 1 aromatic heterocycles. The smallest absolute Gasteiger partial charge is 0.261 e. The van der Waals surface area contributed by atoms with Gasteiger partial charge in [-0.15, -0.1) is 0 Å². The standard InChI is InChI=1S/C24H20ClN3O4/c25-20-9-4-1-6-16(20)14-27-15-17(11-12-22(27)30)26-21(29)10-5-13-28-23(31)18-7-2-3-8-19(18)24(28)32/h1-4,6-9,11-12,15H,5,10,13-14H2,(H,26,29). The van der Waals surface area contributed by atoms with Crippen molar-refractivity contribution in [1.29, 1.82) is 0 Å². The Morgan fingerprint density at radius 1 is 0.875 bits per heavy atom. The minimum atomic E-state index is -0.336. The van der Waals surface area contributed by atoms with Crippen molar-refractivity contribution in [2.45, 2.75) is 19.4 Å². The van der Waals surface area contributed by atoms with Gasteiger partial charge >= 0.3 is 0 Å². The number of fused-ring (bicyclic) bond motifs is 1. The van der Waals surface area contributed by atoms with Gasteiger partial charge in [-0.2, -0.15) is 0 Å². The number of carbonyl (C=O) groups is 3. The lowest BCUT2D eigenvalue weighted by molar-refractivity contribution is -0.116. The number of nitrogens with one attached hydrogen (secondary N) is 1. The normalized spacial score (nSPS) is 12.7. The van der Waals surface area contributed by atoms with Crippen LogP contribution in [0.3, 0.4) is 0 Å². The third-order valence-corrected chi connectivity index (χ3v) is 5.60. The molecule has 2 heterocycles. The molecule has 1 aliphatic rings. The zero-order chi connectivity index (χ0) is 22.7. The van der Waals surface area contributed by atoms with Gasteiger partial charge in [-0.05, 0) is 36.2 Å². The topological polar surface area (TPSA) is 88.5 Å². The van der Waals surface area contributed by atoms with Crippen LogP contribution >= 0.6 is 11.6 Å². The van der Waals surface area contributed by atoms with Crippen LogP contribution in [0.1, 0.15) is 39.1 Å². The molecular formula is C24H20ClN3O4. The number of halogens is 1. The van der Waals surface area contributed by atoms with Crippen LogP contribution in [-0.4, -0.2) is 33.7 Å². The molecule has 8 heteroatoms. The number of imide groups is 1. The molecule has 0 radical (unpaired) electrons. The van der Waals surface area contributed by atoms with E-state index < -0.39 is 0 Å². The first-order valence-electron chi connectivity index (χ1n) is 10.1. The Bertz CT molecular complexity index is 1230. The molecule has 0 atom stereocenters. The Kier molecular flexibility index (Phi) is 6.18. The molecule has 0 spiro atoms. The highest BCUT2D eigenvalue weighted by Gasteiger charge is 2.34. The molecule has 0 saturated heterocycles. The molecule has 0 saturated carbocycles. The Morgan fingerprint density at radius 3 is 2.22 bits per heavy atom. The van der Waals surface area contributed by atoms with E-state index in [1.54, 1.807) is 36.5 Å². The second-order valence-electron chi connectivity index (χ2n) is 7.43. The predicted octanol–water partition coefficient (Wildman–Crippen LogP) is 3.56. The van der Waals surface area contributed by atoms with Crippen LogP contribution in [0.4, 0.5) is 5.69 Å². The predicted molar refractivity (Wildman–Crippen MR) is 121 cm³/mol. The number of nitrogens with zero attached hydrogens (tertiary/aromatic N) is 2. The van der Waals surface area contributed by atoms with E-state index in [1.165, 1.54) is 21.6 Å². The number of carbonyl (C=O) groups excluding carboxylic acids is 3. The number of aromatic nitrogens is 1. The van der Waals surface area contributed by atoms with Crippen LogP contribution in [-0.2, 0) is 11.3 Å². The van der Waals surface area contributed by atoms with Gasteiger partial charge in [0.15, 0.2) is 0 Å². The van der Waals surface area contributed by atoms with Gasteiger partial charge < -0.3 is 9.88 Å². The molecule has 3 amide bonds. The van der Waals surface area contributed by atoms with E-state index in [9.17, 15) is 19.2 Å². The molecule has 3 aromatic rings. The molecule has 32 heavy (non-hydrogen) atoms. The van der Waals surface area contributed by atoms with Crippen molar-refractivity contribution in [2.75, 3.05) is 11.9 Å². The number of rotatable bonds is 7. The van der Waals surface area contributed by atoms with Crippen molar-refractivity contribution in [2.24, 2.45) is 0 Å². The lowest BCUT2D eigenvalue weighted by Gasteiger charge is -2.14. The summed E-state index contributed by atoms with van der Waals surface area (Å²) in [7, 11) is 0. The molecule has 0 fully saturated rings. The van der Waals surface area contributed by atoms with Crippen LogP contribution in [0, 0.1) is 0 Å². The number of hydrogen-bond acceptors (Lipinski definition) is 4. The third-order valence-electron chi connectivity index (χ3n) is 5.23. The van der Waals surface area contributed by atoms with Crippen LogP contribution in [0.5, 0.6) is 0 Å². The number of pyridine rings is 1. The van der Waals surface area contributed by atoms with Gasteiger partial charge in [-0.1, -0.05) is 41.9 Å². The molecule has 1 N–H and O–H groups in total. The van der Waals surface area contributed by atoms with Gasteiger partial charge in [0.25, 0.3) is 17.4 Å². The molecule has 162 valence electrons. The summed E-state index contributed by atoms with van der Waals surface area (Å²) in [5.41, 5.74) is 1.84. The molecule has 4 rings (SSSR count). The summed E-state index contributed by atoms with van der Waals surface area (Å²) in [6.07, 6.45) is 2.02. The fourth-order valence-corrected chi connectivity index (χ4v) is 3.80. The number of anilines is 1. The first kappa shape index (κ1) is 21.5. The molecule has 7 nitrogen and oxygen atoms in total. The number of hydrogen-bond donors (Lipinski definition) is 1. The number of amides is 3. The Morgan fingerprint density at radius 2 is 1.53 bits per heavy atom. The summed E-state index contributed by atoms with van der Waals surface area (Å²) in [5, 5.41) is 3.31. The Hall–Kier alpha value is -3.71. The lowest BCUT2D eigenvalue weighted by atomic mass is 10.1. The Balaban J connectivity index is 1.34. The second-order valence-corrected chi connectivity index (χ2v) is 7.84. The maximum atomic E-state index is 12.4. The zero-order valence-corrected chi connectivity index (χ0v) is 17.8. The first-order chi connectivity index (χ1) is 15.4. The van der Waals surface area contributed by atoms with Crippen LogP contribution in [0.15, 0.2) is 71.7 Å². The van der Waals surface area contributed by atoms with Gasteiger partial charge in [-0.25, -0.2) is 0 Å². The summed E-state index contributed by atoms with van der Waals surface area (Å²) in [5.74, 6) is -0.945. The van der Waals surface area contributed by atoms with E-state index in [0.29, 0.717) is 28.3 Å². The van der Waals surface area contributed by atoms with E-state index in [-0.39, 0.29) is 42.8 Å². The average Bonchev–Trinajstić information content (AvgIpc) is 3.02. The highest BCUT2D eigenvalue weighted by atomic mass is 35.5. The fourth-order valence-electron chi connectivity index (χ4n) is 3.60. The van der Waals surface area contributed by atoms with Crippen molar-refractivity contribution in [3.63, 3.8) is 0 Å². The molecule has 0 aliphatic carbocycles. The summed E-state index contributed by atoms with van der Waals surface area (Å²) >= 11 is 6.17. The van der Waals surface area contributed by atoms with Crippen molar-refractivity contribution in [3.05, 3.63) is 98.9 Å². The van der Waals surface area contributed by atoms with Gasteiger partial charge in [0.1, 0.15) is 0 Å². The Labute approximate surface area is 189 Å². The molecule has 0 bridgehead atoms. The van der Waals surface area contributed by atoms with Crippen LogP contribution in [0.25, 0.3) is 0 Å². The minimum absolute atomic E-state index is 0.122. The summed E-state index contributed by atoms with van der Waals surface area (Å²) in [4.78, 5) is 50.5. The summed E-state index contributed by atoms with van der Waals surface area (Å²) in [6, 6.07) is 16.8. The van der Waals surface area contributed by atoms with E-state index in [1.807, 2.05) is 18.2 Å². The molecule has 2 aromatic carbocycles. The SMILES string of the molecule is O=C(CCCN1C(=O)c2ccccc2C1=O)Nc1ccc(=O)n(Cc2ccccc2Cl)c1. The second kappa shape index (κ2) is 9.20. The van der Waals surface area contributed by atoms with Crippen molar-refractivity contribution >= 4 is 35.0 Å². The van der Waals surface area contributed by atoms with E-state index in [4.69, 9.17) is 11.6 Å². The van der Waals surface area contributed by atoms with Gasteiger partial charge in [0, 0.05) is 30.3 Å². The molecular weight excluding hydrogens is 430 g/mol. The van der Waals surface area contributed by atoms with Gasteiger partial charge in [0.2, 0.25) is 5.91 Å². The van der Waals surface area contributed by atoms with Crippen LogP contribution in [0.2, 0.25) is 5.02 Å². The monoisotopic (exact) mass is 449 g/mol. The number of benzene rings is 2. The van der Waals surface area contributed by atoms with Gasteiger partial charge in [0.05, 0.1) is 23.4 Å². The average molecular weight is 450 g/mol. The fraction of sp³-hybridized carbons (Fsp3) is 0.167. The first-order valence-corrected chi connectivity index (χ1v) is 10.5. The van der Waals surface area contributed by atoms with Crippen molar-refractivity contribution in [3.8, 4) is 0 Å². The largest absolute Gasteiger partial charge is 0.325 e. The molecule has 0 unspecified atom stereocenters. The van der Waals surface area contributed by atoms with Crippen molar-refractivity contribution in [1.82, 2.24) is 9.47 Å². The third kappa shape index (κ3) is 4.48. The van der Waals surface area contributed by atoms with Gasteiger partial charge in [-0.3, -0.25) is 24.1 Å². The van der Waals surface area contributed by atoms with E-state index in [2.05, 4.69) is 5.32 Å². The maximum absolute atomic E-state index is 12.4. The van der Waals surface area contributed by atoms with Crippen LogP contribution < -0.4 is 10.9 Å². The van der Waals surface area contributed by atoms with E-state index >= 15 is 0 Å². The summed E-state index contributed by atoms with van der Waals surface area (Å²) < 4.78 is 1.47. The molecule has 1 aliphatic heterocycles. The van der Waals surface area contributed by atoms with Crippen molar-refractivity contribution < 1.29 is 14.4 Å². The highest BCUT2D eigenvalue weighted by molar-refractivity contribution is 6.31. The highest BCUT2D eigenvalue weighted by Crippen LogP contribution is 2.22. The minimum Gasteiger partial charge on any atom is -0.325 e.